The van der Waals surface area contributed by atoms with Crippen LogP contribution in [0.1, 0.15) is 116 Å². The van der Waals surface area contributed by atoms with Gasteiger partial charge in [0.1, 0.15) is 0 Å². The molecule has 0 aromatic rings. The van der Waals surface area contributed by atoms with E-state index >= 15 is 0 Å². The minimum atomic E-state index is -0.153. The van der Waals surface area contributed by atoms with Crippen molar-refractivity contribution in [3.8, 4) is 0 Å². The molecule has 0 saturated heterocycles. The van der Waals surface area contributed by atoms with E-state index in [9.17, 15) is 9.59 Å². The van der Waals surface area contributed by atoms with Crippen LogP contribution < -0.4 is 0 Å². The largest absolute Gasteiger partial charge is 0.438 e. The molecule has 0 N–H and O–H groups in total. The first-order chi connectivity index (χ1) is 15.7. The van der Waals surface area contributed by atoms with Crippen molar-refractivity contribution in [1.82, 2.24) is 0 Å². The van der Waals surface area contributed by atoms with Gasteiger partial charge in [-0.25, -0.2) is 0 Å². The minimum Gasteiger partial charge on any atom is -0.438 e. The van der Waals surface area contributed by atoms with Crippen molar-refractivity contribution in [2.45, 2.75) is 128 Å². The first kappa shape index (κ1) is 25.5. The smallest absolute Gasteiger partial charge is 0.307 e. The van der Waals surface area contributed by atoms with E-state index in [1.165, 1.54) is 64.2 Å². The summed E-state index contributed by atoms with van der Waals surface area (Å²) in [6, 6.07) is 0. The zero-order chi connectivity index (χ0) is 22.4. The van der Waals surface area contributed by atoms with Gasteiger partial charge in [0.05, 0.1) is 12.2 Å². The number of hydrogen-bond acceptors (Lipinski definition) is 6. The third-order valence-corrected chi connectivity index (χ3v) is 7.59. The molecule has 3 aliphatic carbocycles. The molecule has 2 unspecified atom stereocenters. The van der Waals surface area contributed by atoms with Gasteiger partial charge < -0.3 is 18.9 Å². The molecule has 6 nitrogen and oxygen atoms in total. The second kappa shape index (κ2) is 14.9. The molecule has 0 bridgehead atoms. The summed E-state index contributed by atoms with van der Waals surface area (Å²) < 4.78 is 22.1. The number of carbonyl (C=O) groups excluding carboxylic acids is 2. The molecular formula is C26H44O6. The number of hydrogen-bond donors (Lipinski definition) is 0. The van der Waals surface area contributed by atoms with E-state index in [0.29, 0.717) is 24.7 Å². The Labute approximate surface area is 194 Å². The molecule has 32 heavy (non-hydrogen) atoms. The SMILES string of the molecule is O=C(CCC1CCCCC1)OCOC1CCCC(OCOC(=O)CCC2CCCCC2)C1. The molecule has 184 valence electrons. The Hall–Kier alpha value is -1.14. The van der Waals surface area contributed by atoms with Gasteiger partial charge in [0.25, 0.3) is 0 Å². The van der Waals surface area contributed by atoms with Gasteiger partial charge >= 0.3 is 11.9 Å². The normalized spacial score (nSPS) is 25.4. The van der Waals surface area contributed by atoms with Crippen LogP contribution in [0.3, 0.4) is 0 Å². The van der Waals surface area contributed by atoms with Gasteiger partial charge in [0, 0.05) is 19.3 Å². The van der Waals surface area contributed by atoms with Gasteiger partial charge in [-0.3, -0.25) is 9.59 Å². The third kappa shape index (κ3) is 10.2. The molecule has 0 heterocycles. The quantitative estimate of drug-likeness (QED) is 0.265. The van der Waals surface area contributed by atoms with E-state index < -0.39 is 0 Å². The fraction of sp³-hybridized carbons (Fsp3) is 0.923. The van der Waals surface area contributed by atoms with E-state index in [1.807, 2.05) is 0 Å². The van der Waals surface area contributed by atoms with Crippen LogP contribution in [0, 0.1) is 11.8 Å². The summed E-state index contributed by atoms with van der Waals surface area (Å²) in [6.07, 6.45) is 19.5. The Morgan fingerprint density at radius 1 is 0.562 bits per heavy atom. The van der Waals surface area contributed by atoms with Crippen LogP contribution in [0.4, 0.5) is 0 Å². The Morgan fingerprint density at radius 3 is 1.44 bits per heavy atom. The maximum absolute atomic E-state index is 12.0. The molecule has 3 rings (SSSR count). The van der Waals surface area contributed by atoms with Crippen molar-refractivity contribution in [3.63, 3.8) is 0 Å². The number of carbonyl (C=O) groups is 2. The Balaban J connectivity index is 1.19. The van der Waals surface area contributed by atoms with Crippen molar-refractivity contribution in [2.24, 2.45) is 11.8 Å². The zero-order valence-corrected chi connectivity index (χ0v) is 19.9. The number of esters is 2. The molecule has 0 spiro atoms. The maximum Gasteiger partial charge on any atom is 0.307 e. The van der Waals surface area contributed by atoms with Crippen molar-refractivity contribution < 1.29 is 28.5 Å². The molecule has 0 radical (unpaired) electrons. The first-order valence-electron chi connectivity index (χ1n) is 13.2. The van der Waals surface area contributed by atoms with Crippen LogP contribution in [-0.4, -0.2) is 37.7 Å². The lowest BCUT2D eigenvalue weighted by molar-refractivity contribution is -0.172. The number of ether oxygens (including phenoxy) is 4. The van der Waals surface area contributed by atoms with E-state index in [0.717, 1.165) is 38.5 Å². The summed E-state index contributed by atoms with van der Waals surface area (Å²) in [6.45, 7) is 0.0497. The van der Waals surface area contributed by atoms with Crippen molar-refractivity contribution in [3.05, 3.63) is 0 Å². The zero-order valence-electron chi connectivity index (χ0n) is 19.9. The van der Waals surface area contributed by atoms with Crippen LogP contribution in [-0.2, 0) is 28.5 Å². The highest BCUT2D eigenvalue weighted by molar-refractivity contribution is 5.69. The Morgan fingerprint density at radius 2 is 1.00 bits per heavy atom. The first-order valence-corrected chi connectivity index (χ1v) is 13.2. The lowest BCUT2D eigenvalue weighted by Gasteiger charge is -2.28. The van der Waals surface area contributed by atoms with E-state index in [2.05, 4.69) is 0 Å². The summed E-state index contributed by atoms with van der Waals surface area (Å²) in [5, 5.41) is 0. The van der Waals surface area contributed by atoms with Crippen LogP contribution in [0.15, 0.2) is 0 Å². The summed E-state index contributed by atoms with van der Waals surface area (Å²) in [4.78, 5) is 24.0. The van der Waals surface area contributed by atoms with Gasteiger partial charge in [-0.15, -0.1) is 0 Å². The molecule has 0 aromatic heterocycles. The monoisotopic (exact) mass is 452 g/mol. The van der Waals surface area contributed by atoms with Crippen LogP contribution in [0.2, 0.25) is 0 Å². The highest BCUT2D eigenvalue weighted by atomic mass is 16.7. The summed E-state index contributed by atoms with van der Waals surface area (Å²) in [5.41, 5.74) is 0. The highest BCUT2D eigenvalue weighted by Crippen LogP contribution is 2.28. The topological polar surface area (TPSA) is 71.1 Å². The fourth-order valence-electron chi connectivity index (χ4n) is 5.54. The number of rotatable bonds is 12. The molecular weight excluding hydrogens is 408 g/mol. The standard InChI is InChI=1S/C26H44O6/c27-25(16-14-21-8-3-1-4-9-21)31-19-29-23-12-7-13-24(18-23)30-20-32-26(28)17-15-22-10-5-2-6-11-22/h21-24H,1-20H2. The minimum absolute atomic E-state index is 0.0248. The molecule has 0 aliphatic heterocycles. The van der Waals surface area contributed by atoms with Gasteiger partial charge in [-0.2, -0.15) is 0 Å². The molecule has 0 aromatic carbocycles. The lowest BCUT2D eigenvalue weighted by Crippen LogP contribution is -2.30. The average molecular weight is 453 g/mol. The predicted octanol–water partition coefficient (Wildman–Crippen LogP) is 6.05. The summed E-state index contributed by atoms with van der Waals surface area (Å²) >= 11 is 0. The van der Waals surface area contributed by atoms with E-state index in [1.54, 1.807) is 0 Å². The molecule has 3 aliphatic rings. The molecule has 3 fully saturated rings. The highest BCUT2D eigenvalue weighted by Gasteiger charge is 2.24. The van der Waals surface area contributed by atoms with E-state index in [4.69, 9.17) is 18.9 Å². The van der Waals surface area contributed by atoms with Crippen LogP contribution in [0.25, 0.3) is 0 Å². The lowest BCUT2D eigenvalue weighted by atomic mass is 9.86. The molecule has 6 heteroatoms. The fourth-order valence-corrected chi connectivity index (χ4v) is 5.54. The van der Waals surface area contributed by atoms with Gasteiger partial charge in [0.2, 0.25) is 0 Å². The molecule has 2 atom stereocenters. The maximum atomic E-state index is 12.0. The summed E-state index contributed by atoms with van der Waals surface area (Å²) in [7, 11) is 0. The predicted molar refractivity (Wildman–Crippen MR) is 122 cm³/mol. The molecule has 0 amide bonds. The van der Waals surface area contributed by atoms with Crippen molar-refractivity contribution >= 4 is 11.9 Å². The second-order valence-electron chi connectivity index (χ2n) is 10.1. The van der Waals surface area contributed by atoms with Gasteiger partial charge in [-0.1, -0.05) is 64.2 Å². The third-order valence-electron chi connectivity index (χ3n) is 7.59. The van der Waals surface area contributed by atoms with E-state index in [-0.39, 0.29) is 37.7 Å². The van der Waals surface area contributed by atoms with Crippen molar-refractivity contribution in [2.75, 3.05) is 13.6 Å². The van der Waals surface area contributed by atoms with Gasteiger partial charge in [-0.05, 0) is 43.9 Å². The van der Waals surface area contributed by atoms with Gasteiger partial charge in [0.15, 0.2) is 13.6 Å². The average Bonchev–Trinajstić information content (AvgIpc) is 2.83. The summed E-state index contributed by atoms with van der Waals surface area (Å²) in [5.74, 6) is 1.07. The Kier molecular flexibility index (Phi) is 11.9. The molecule has 3 saturated carbocycles. The Bertz CT molecular complexity index is 492. The van der Waals surface area contributed by atoms with Crippen LogP contribution in [0.5, 0.6) is 0 Å². The van der Waals surface area contributed by atoms with Crippen molar-refractivity contribution in [1.29, 1.82) is 0 Å². The van der Waals surface area contributed by atoms with Crippen LogP contribution >= 0.6 is 0 Å². The second-order valence-corrected chi connectivity index (χ2v) is 10.1.